The topological polar surface area (TPSA) is 58.2 Å². The molecule has 0 aliphatic heterocycles. The van der Waals surface area contributed by atoms with Crippen LogP contribution in [0.25, 0.3) is 0 Å². The van der Waals surface area contributed by atoms with Crippen molar-refractivity contribution in [3.05, 3.63) is 33.8 Å². The highest BCUT2D eigenvalue weighted by molar-refractivity contribution is 6.42. The van der Waals surface area contributed by atoms with Gasteiger partial charge in [-0.25, -0.2) is 0 Å². The number of nitrogens with one attached hydrogen (secondary N) is 2. The molecule has 2 amide bonds. The molecule has 20 heavy (non-hydrogen) atoms. The minimum Gasteiger partial charge on any atom is -0.273 e. The van der Waals surface area contributed by atoms with Crippen LogP contribution in [0.2, 0.25) is 10.0 Å². The van der Waals surface area contributed by atoms with E-state index in [1.165, 1.54) is 12.5 Å². The van der Waals surface area contributed by atoms with Crippen molar-refractivity contribution in [2.75, 3.05) is 0 Å². The second kappa shape index (κ2) is 6.95. The van der Waals surface area contributed by atoms with Crippen LogP contribution >= 0.6 is 23.2 Å². The van der Waals surface area contributed by atoms with Gasteiger partial charge in [-0.15, -0.1) is 0 Å². The molecular formula is C14H16Cl2N2O2. The number of carbonyl (C=O) groups is 2. The Bertz CT molecular complexity index is 514. The van der Waals surface area contributed by atoms with Gasteiger partial charge in [0.15, 0.2) is 0 Å². The van der Waals surface area contributed by atoms with E-state index in [4.69, 9.17) is 23.2 Å². The molecule has 0 radical (unpaired) electrons. The van der Waals surface area contributed by atoms with Gasteiger partial charge in [0, 0.05) is 11.5 Å². The molecule has 0 aromatic heterocycles. The Hall–Kier alpha value is -1.26. The number of carbonyl (C=O) groups excluding carboxylic acids is 2. The molecule has 0 heterocycles. The molecule has 2 N–H and O–H groups in total. The van der Waals surface area contributed by atoms with E-state index < -0.39 is 5.91 Å². The lowest BCUT2D eigenvalue weighted by Crippen LogP contribution is -2.44. The normalized spacial score (nSPS) is 15.7. The molecule has 0 unspecified atom stereocenters. The summed E-state index contributed by atoms with van der Waals surface area (Å²) in [5.74, 6) is -0.538. The van der Waals surface area contributed by atoms with E-state index >= 15 is 0 Å². The maximum atomic E-state index is 11.9. The molecule has 1 aromatic carbocycles. The van der Waals surface area contributed by atoms with Crippen molar-refractivity contribution in [1.82, 2.24) is 10.9 Å². The first-order valence-electron chi connectivity index (χ1n) is 6.63. The molecule has 1 aliphatic rings. The van der Waals surface area contributed by atoms with Crippen molar-refractivity contribution in [3.8, 4) is 0 Å². The summed E-state index contributed by atoms with van der Waals surface area (Å²) in [6.07, 6.45) is 5.08. The lowest BCUT2D eigenvalue weighted by Gasteiger charge is -2.20. The molecule has 0 spiro atoms. The highest BCUT2D eigenvalue weighted by atomic mass is 35.5. The molecule has 4 nitrogen and oxygen atoms in total. The van der Waals surface area contributed by atoms with Gasteiger partial charge in [-0.1, -0.05) is 42.5 Å². The second-order valence-corrected chi connectivity index (χ2v) is 5.72. The molecule has 1 saturated carbocycles. The van der Waals surface area contributed by atoms with Gasteiger partial charge in [-0.05, 0) is 31.0 Å². The van der Waals surface area contributed by atoms with Gasteiger partial charge in [0.25, 0.3) is 5.91 Å². The third kappa shape index (κ3) is 3.87. The van der Waals surface area contributed by atoms with Gasteiger partial charge in [-0.2, -0.15) is 0 Å². The number of hydrazine groups is 1. The van der Waals surface area contributed by atoms with E-state index in [0.29, 0.717) is 15.6 Å². The molecule has 0 bridgehead atoms. The summed E-state index contributed by atoms with van der Waals surface area (Å²) in [5, 5.41) is 0.687. The lowest BCUT2D eigenvalue weighted by molar-refractivity contribution is -0.126. The Morgan fingerprint density at radius 1 is 1.00 bits per heavy atom. The van der Waals surface area contributed by atoms with Crippen LogP contribution in [0.5, 0.6) is 0 Å². The predicted molar refractivity (Wildman–Crippen MR) is 78.6 cm³/mol. The number of rotatable bonds is 2. The van der Waals surface area contributed by atoms with E-state index in [1.807, 2.05) is 0 Å². The van der Waals surface area contributed by atoms with E-state index in [9.17, 15) is 9.59 Å². The standard InChI is InChI=1S/C14H16Cl2N2O2/c15-11-7-6-10(8-12(11)16)14(20)18-17-13(19)9-4-2-1-3-5-9/h6-9H,1-5H2,(H,17,19)(H,18,20). The summed E-state index contributed by atoms with van der Waals surface area (Å²) in [6, 6.07) is 4.56. The summed E-state index contributed by atoms with van der Waals surface area (Å²) in [6.45, 7) is 0. The Labute approximate surface area is 127 Å². The number of hydrogen-bond acceptors (Lipinski definition) is 2. The molecule has 0 atom stereocenters. The van der Waals surface area contributed by atoms with Gasteiger partial charge in [0.2, 0.25) is 5.91 Å². The first-order valence-corrected chi connectivity index (χ1v) is 7.39. The summed E-state index contributed by atoms with van der Waals surface area (Å²) in [7, 11) is 0. The fourth-order valence-electron chi connectivity index (χ4n) is 2.29. The highest BCUT2D eigenvalue weighted by Gasteiger charge is 2.21. The van der Waals surface area contributed by atoms with Gasteiger partial charge >= 0.3 is 0 Å². The van der Waals surface area contributed by atoms with Gasteiger partial charge < -0.3 is 0 Å². The van der Waals surface area contributed by atoms with Crippen LogP contribution in [-0.4, -0.2) is 11.8 Å². The van der Waals surface area contributed by atoms with Crippen molar-refractivity contribution in [2.45, 2.75) is 32.1 Å². The van der Waals surface area contributed by atoms with Crippen molar-refractivity contribution < 1.29 is 9.59 Å². The van der Waals surface area contributed by atoms with E-state index in [1.54, 1.807) is 12.1 Å². The van der Waals surface area contributed by atoms with Crippen LogP contribution in [-0.2, 0) is 4.79 Å². The number of benzene rings is 1. The van der Waals surface area contributed by atoms with Crippen molar-refractivity contribution in [2.24, 2.45) is 5.92 Å². The fraction of sp³-hybridized carbons (Fsp3) is 0.429. The van der Waals surface area contributed by atoms with E-state index in [2.05, 4.69) is 10.9 Å². The zero-order chi connectivity index (χ0) is 14.5. The summed E-state index contributed by atoms with van der Waals surface area (Å²) in [4.78, 5) is 23.7. The summed E-state index contributed by atoms with van der Waals surface area (Å²) >= 11 is 11.6. The second-order valence-electron chi connectivity index (χ2n) is 4.91. The van der Waals surface area contributed by atoms with E-state index in [0.717, 1.165) is 25.7 Å². The smallest absolute Gasteiger partial charge is 0.269 e. The van der Waals surface area contributed by atoms with Crippen molar-refractivity contribution >= 4 is 35.0 Å². The van der Waals surface area contributed by atoms with Crippen molar-refractivity contribution in [1.29, 1.82) is 0 Å². The fourth-order valence-corrected chi connectivity index (χ4v) is 2.59. The van der Waals surface area contributed by atoms with Crippen LogP contribution in [0.15, 0.2) is 18.2 Å². The summed E-state index contributed by atoms with van der Waals surface area (Å²) < 4.78 is 0. The predicted octanol–water partition coefficient (Wildman–Crippen LogP) is 3.33. The number of halogens is 2. The highest BCUT2D eigenvalue weighted by Crippen LogP contribution is 2.24. The molecule has 2 rings (SSSR count). The third-order valence-corrected chi connectivity index (χ3v) is 4.20. The minimum atomic E-state index is -0.410. The van der Waals surface area contributed by atoms with Gasteiger partial charge in [-0.3, -0.25) is 20.4 Å². The Kier molecular flexibility index (Phi) is 5.26. The Morgan fingerprint density at radius 2 is 1.70 bits per heavy atom. The van der Waals surface area contributed by atoms with Crippen molar-refractivity contribution in [3.63, 3.8) is 0 Å². The molecule has 1 fully saturated rings. The van der Waals surface area contributed by atoms with Gasteiger partial charge in [0.1, 0.15) is 0 Å². The average Bonchev–Trinajstić information content (AvgIpc) is 2.48. The van der Waals surface area contributed by atoms with E-state index in [-0.39, 0.29) is 11.8 Å². The first-order chi connectivity index (χ1) is 9.58. The Balaban J connectivity index is 1.88. The molecule has 0 saturated heterocycles. The zero-order valence-corrected chi connectivity index (χ0v) is 12.4. The maximum Gasteiger partial charge on any atom is 0.269 e. The van der Waals surface area contributed by atoms with Crippen LogP contribution in [0, 0.1) is 5.92 Å². The summed E-state index contributed by atoms with van der Waals surface area (Å²) in [5.41, 5.74) is 5.22. The number of amides is 2. The van der Waals surface area contributed by atoms with Crippen LogP contribution in [0.4, 0.5) is 0 Å². The minimum absolute atomic E-state index is 0.00199. The SMILES string of the molecule is O=C(NNC(=O)C1CCCCC1)c1ccc(Cl)c(Cl)c1. The average molecular weight is 315 g/mol. The molecule has 108 valence electrons. The zero-order valence-electron chi connectivity index (χ0n) is 10.9. The molecular weight excluding hydrogens is 299 g/mol. The molecule has 6 heteroatoms. The van der Waals surface area contributed by atoms with Crippen LogP contribution in [0.1, 0.15) is 42.5 Å². The maximum absolute atomic E-state index is 11.9. The first kappa shape index (κ1) is 15.1. The quantitative estimate of drug-likeness (QED) is 0.823. The number of hydrogen-bond donors (Lipinski definition) is 2. The third-order valence-electron chi connectivity index (χ3n) is 3.46. The van der Waals surface area contributed by atoms with Crippen LogP contribution < -0.4 is 10.9 Å². The Morgan fingerprint density at radius 3 is 2.35 bits per heavy atom. The largest absolute Gasteiger partial charge is 0.273 e. The van der Waals surface area contributed by atoms with Gasteiger partial charge in [0.05, 0.1) is 10.0 Å². The van der Waals surface area contributed by atoms with Crippen LogP contribution in [0.3, 0.4) is 0 Å². The lowest BCUT2D eigenvalue weighted by atomic mass is 9.89. The monoisotopic (exact) mass is 314 g/mol. The molecule has 1 aromatic rings. The molecule has 1 aliphatic carbocycles.